The van der Waals surface area contributed by atoms with Gasteiger partial charge in [0.1, 0.15) is 23.6 Å². The number of para-hydroxylation sites is 1. The summed E-state index contributed by atoms with van der Waals surface area (Å²) in [5.74, 6) is 1.86. The maximum Gasteiger partial charge on any atom is 0.163 e. The van der Waals surface area contributed by atoms with E-state index in [-0.39, 0.29) is 5.82 Å². The smallest absolute Gasteiger partial charge is 0.163 e. The first-order valence-corrected chi connectivity index (χ1v) is 11.3. The van der Waals surface area contributed by atoms with Crippen LogP contribution in [0.2, 0.25) is 0 Å². The Balaban J connectivity index is 1.41. The molecule has 34 heavy (non-hydrogen) atoms. The highest BCUT2D eigenvalue weighted by Crippen LogP contribution is 2.34. The van der Waals surface area contributed by atoms with Crippen LogP contribution in [0.4, 0.5) is 33.2 Å². The van der Waals surface area contributed by atoms with Gasteiger partial charge in [-0.15, -0.1) is 0 Å². The van der Waals surface area contributed by atoms with Gasteiger partial charge in [0, 0.05) is 32.4 Å². The number of nitrogen functional groups attached to an aromatic ring is 1. The lowest BCUT2D eigenvalue weighted by Gasteiger charge is -2.37. The van der Waals surface area contributed by atoms with E-state index in [0.717, 1.165) is 11.4 Å². The average Bonchev–Trinajstić information content (AvgIpc) is 2.89. The number of aromatic nitrogens is 3. The number of pyridine rings is 1. The molecule has 0 spiro atoms. The molecule has 0 unspecified atom stereocenters. The summed E-state index contributed by atoms with van der Waals surface area (Å²) >= 11 is 0. The Hall–Kier alpha value is -4.20. The van der Waals surface area contributed by atoms with Crippen LogP contribution >= 0.6 is 0 Å². The van der Waals surface area contributed by atoms with Gasteiger partial charge in [-0.1, -0.05) is 48.5 Å². The van der Waals surface area contributed by atoms with Gasteiger partial charge in [-0.25, -0.2) is 19.3 Å². The minimum absolute atomic E-state index is 0.202. The van der Waals surface area contributed by atoms with Crippen LogP contribution in [0.5, 0.6) is 0 Å². The van der Waals surface area contributed by atoms with Crippen molar-refractivity contribution in [1.82, 2.24) is 15.0 Å². The third kappa shape index (κ3) is 4.47. The fraction of sp³-hybridized carbons (Fsp3) is 0.192. The summed E-state index contributed by atoms with van der Waals surface area (Å²) < 4.78 is 14.2. The summed E-state index contributed by atoms with van der Waals surface area (Å²) in [6.07, 6.45) is 3.30. The lowest BCUT2D eigenvalue weighted by molar-refractivity contribution is 0.596. The number of benzene rings is 2. The summed E-state index contributed by atoms with van der Waals surface area (Å²) in [7, 11) is 0. The molecular formula is C26H26FN7. The Morgan fingerprint density at radius 1 is 0.794 bits per heavy atom. The Morgan fingerprint density at radius 2 is 1.50 bits per heavy atom. The van der Waals surface area contributed by atoms with Crippen molar-refractivity contribution in [2.24, 2.45) is 0 Å². The average molecular weight is 456 g/mol. The molecule has 1 fully saturated rings. The fourth-order valence-corrected chi connectivity index (χ4v) is 4.26. The number of hydrogen-bond acceptors (Lipinski definition) is 7. The van der Waals surface area contributed by atoms with E-state index >= 15 is 0 Å². The van der Waals surface area contributed by atoms with Crippen molar-refractivity contribution in [2.75, 3.05) is 46.6 Å². The molecule has 172 valence electrons. The second-order valence-electron chi connectivity index (χ2n) is 8.12. The first-order chi connectivity index (χ1) is 16.7. The SMILES string of the molecule is Nc1c(N2CCN(c3ccccc3F)CC2)ncnc1N(Cc1ccccc1)c1ccccn1. The van der Waals surface area contributed by atoms with Crippen LogP contribution in [0.1, 0.15) is 5.56 Å². The molecular weight excluding hydrogens is 429 g/mol. The van der Waals surface area contributed by atoms with Crippen molar-refractivity contribution in [1.29, 1.82) is 0 Å². The third-order valence-corrected chi connectivity index (χ3v) is 5.98. The second-order valence-corrected chi connectivity index (χ2v) is 8.12. The molecule has 0 amide bonds. The summed E-state index contributed by atoms with van der Waals surface area (Å²) in [5, 5.41) is 0. The van der Waals surface area contributed by atoms with E-state index < -0.39 is 0 Å². The van der Waals surface area contributed by atoms with Crippen LogP contribution in [-0.2, 0) is 6.54 Å². The van der Waals surface area contributed by atoms with Crippen molar-refractivity contribution in [3.63, 3.8) is 0 Å². The summed E-state index contributed by atoms with van der Waals surface area (Å²) in [4.78, 5) is 19.8. The quantitative estimate of drug-likeness (QED) is 0.466. The van der Waals surface area contributed by atoms with E-state index in [0.29, 0.717) is 55.7 Å². The minimum Gasteiger partial charge on any atom is -0.393 e. The molecule has 3 heterocycles. The lowest BCUT2D eigenvalue weighted by Crippen LogP contribution is -2.47. The number of piperazine rings is 1. The molecule has 1 saturated heterocycles. The highest BCUT2D eigenvalue weighted by atomic mass is 19.1. The standard InChI is InChI=1S/C26H26FN7/c27-21-10-4-5-11-22(21)32-14-16-33(17-15-32)25-24(28)26(31-19-30-25)34(23-12-6-7-13-29-23)18-20-8-2-1-3-9-20/h1-13,19H,14-18,28H2. The lowest BCUT2D eigenvalue weighted by atomic mass is 10.2. The van der Waals surface area contributed by atoms with Crippen molar-refractivity contribution >= 4 is 28.8 Å². The molecule has 8 heteroatoms. The van der Waals surface area contributed by atoms with Gasteiger partial charge >= 0.3 is 0 Å². The molecule has 0 bridgehead atoms. The minimum atomic E-state index is -0.202. The van der Waals surface area contributed by atoms with E-state index in [1.165, 1.54) is 6.07 Å². The molecule has 0 atom stereocenters. The maximum absolute atomic E-state index is 14.2. The molecule has 0 radical (unpaired) electrons. The topological polar surface area (TPSA) is 74.4 Å². The highest BCUT2D eigenvalue weighted by Gasteiger charge is 2.25. The van der Waals surface area contributed by atoms with E-state index in [1.807, 2.05) is 53.4 Å². The van der Waals surface area contributed by atoms with Gasteiger partial charge in [0.25, 0.3) is 0 Å². The summed E-state index contributed by atoms with van der Waals surface area (Å²) in [6, 6.07) is 22.8. The molecule has 7 nitrogen and oxygen atoms in total. The van der Waals surface area contributed by atoms with Gasteiger partial charge in [-0.3, -0.25) is 0 Å². The molecule has 1 aliphatic rings. The van der Waals surface area contributed by atoms with Gasteiger partial charge in [0.05, 0.1) is 12.2 Å². The largest absolute Gasteiger partial charge is 0.393 e. The van der Waals surface area contributed by atoms with Crippen molar-refractivity contribution in [2.45, 2.75) is 6.54 Å². The molecule has 0 saturated carbocycles. The van der Waals surface area contributed by atoms with Gasteiger partial charge in [0.15, 0.2) is 11.6 Å². The first kappa shape index (κ1) is 21.6. The number of halogens is 1. The molecule has 0 aliphatic carbocycles. The van der Waals surface area contributed by atoms with E-state index in [1.54, 1.807) is 18.6 Å². The number of rotatable bonds is 6. The van der Waals surface area contributed by atoms with Crippen LogP contribution in [0, 0.1) is 5.82 Å². The highest BCUT2D eigenvalue weighted by molar-refractivity contribution is 5.79. The number of hydrogen-bond donors (Lipinski definition) is 1. The van der Waals surface area contributed by atoms with Crippen LogP contribution in [-0.4, -0.2) is 41.1 Å². The molecule has 1 aliphatic heterocycles. The molecule has 2 aromatic carbocycles. The van der Waals surface area contributed by atoms with Gasteiger partial charge in [0.2, 0.25) is 0 Å². The Morgan fingerprint density at radius 3 is 2.24 bits per heavy atom. The summed E-state index contributed by atoms with van der Waals surface area (Å²) in [6.45, 7) is 3.27. The maximum atomic E-state index is 14.2. The van der Waals surface area contributed by atoms with Gasteiger partial charge in [-0.05, 0) is 29.8 Å². The van der Waals surface area contributed by atoms with Crippen LogP contribution in [0.15, 0.2) is 85.3 Å². The molecule has 2 N–H and O–H groups in total. The summed E-state index contributed by atoms with van der Waals surface area (Å²) in [5.41, 5.74) is 8.91. The van der Waals surface area contributed by atoms with Crippen LogP contribution in [0.3, 0.4) is 0 Å². The molecule has 2 aromatic heterocycles. The predicted octanol–water partition coefficient (Wildman–Crippen LogP) is 4.26. The zero-order chi connectivity index (χ0) is 23.3. The molecule has 5 rings (SSSR count). The van der Waals surface area contributed by atoms with Crippen molar-refractivity contribution < 1.29 is 4.39 Å². The normalized spacial score (nSPS) is 13.7. The molecule has 4 aromatic rings. The Bertz CT molecular complexity index is 1230. The van der Waals surface area contributed by atoms with E-state index in [2.05, 4.69) is 36.9 Å². The predicted molar refractivity (Wildman–Crippen MR) is 134 cm³/mol. The van der Waals surface area contributed by atoms with Crippen LogP contribution in [0.25, 0.3) is 0 Å². The fourth-order valence-electron chi connectivity index (χ4n) is 4.26. The number of nitrogens with zero attached hydrogens (tertiary/aromatic N) is 6. The Kier molecular flexibility index (Phi) is 6.20. The Labute approximate surface area is 198 Å². The third-order valence-electron chi connectivity index (χ3n) is 5.98. The van der Waals surface area contributed by atoms with E-state index in [4.69, 9.17) is 5.73 Å². The van der Waals surface area contributed by atoms with Gasteiger partial charge < -0.3 is 20.4 Å². The monoisotopic (exact) mass is 455 g/mol. The second kappa shape index (κ2) is 9.74. The zero-order valence-electron chi connectivity index (χ0n) is 18.8. The number of anilines is 5. The zero-order valence-corrected chi connectivity index (χ0v) is 18.8. The number of nitrogens with two attached hydrogens (primary N) is 1. The van der Waals surface area contributed by atoms with E-state index in [9.17, 15) is 4.39 Å². The van der Waals surface area contributed by atoms with Crippen molar-refractivity contribution in [3.05, 3.63) is 96.7 Å². The van der Waals surface area contributed by atoms with Crippen molar-refractivity contribution in [3.8, 4) is 0 Å². The van der Waals surface area contributed by atoms with Crippen LogP contribution < -0.4 is 20.4 Å². The van der Waals surface area contributed by atoms with Gasteiger partial charge in [-0.2, -0.15) is 0 Å². The first-order valence-electron chi connectivity index (χ1n) is 11.3.